The van der Waals surface area contributed by atoms with Crippen LogP contribution in [-0.2, 0) is 0 Å². The number of ether oxygens (including phenoxy) is 2. The molecule has 0 spiro atoms. The third-order valence-corrected chi connectivity index (χ3v) is 5.53. The zero-order valence-electron chi connectivity index (χ0n) is 16.4. The summed E-state index contributed by atoms with van der Waals surface area (Å²) < 4.78 is 12.1. The summed E-state index contributed by atoms with van der Waals surface area (Å²) in [5.41, 5.74) is 0. The minimum Gasteiger partial charge on any atom is -0.493 e. The Balaban J connectivity index is 1.98. The van der Waals surface area contributed by atoms with Gasteiger partial charge in [-0.05, 0) is 19.3 Å². The Morgan fingerprint density at radius 1 is 0.815 bits per heavy atom. The number of rotatable bonds is 14. The van der Waals surface area contributed by atoms with E-state index in [1.165, 1.54) is 44.9 Å². The van der Waals surface area contributed by atoms with E-state index in [1.807, 2.05) is 18.2 Å². The van der Waals surface area contributed by atoms with Gasteiger partial charge in [0.1, 0.15) is 11.5 Å². The summed E-state index contributed by atoms with van der Waals surface area (Å²) in [7, 11) is 0. The highest BCUT2D eigenvalue weighted by atomic mass is 79.9. The first kappa shape index (κ1) is 22.4. The topological polar surface area (TPSA) is 18.5 Å². The molecular formula is C23H32BrClO2. The van der Waals surface area contributed by atoms with Crippen LogP contribution < -0.4 is 9.47 Å². The van der Waals surface area contributed by atoms with E-state index in [0.717, 1.165) is 47.1 Å². The van der Waals surface area contributed by atoms with Crippen molar-refractivity contribution in [3.63, 3.8) is 0 Å². The van der Waals surface area contributed by atoms with Crippen LogP contribution in [0.4, 0.5) is 0 Å². The fourth-order valence-corrected chi connectivity index (χ4v) is 3.81. The molecule has 27 heavy (non-hydrogen) atoms. The van der Waals surface area contributed by atoms with Crippen molar-refractivity contribution >= 4 is 38.3 Å². The van der Waals surface area contributed by atoms with Gasteiger partial charge in [0.2, 0.25) is 0 Å². The van der Waals surface area contributed by atoms with Crippen LogP contribution >= 0.6 is 27.5 Å². The first-order chi connectivity index (χ1) is 13.3. The van der Waals surface area contributed by atoms with E-state index in [0.29, 0.717) is 11.6 Å². The molecule has 0 aliphatic carbocycles. The van der Waals surface area contributed by atoms with Crippen LogP contribution in [0.1, 0.15) is 64.7 Å². The highest BCUT2D eigenvalue weighted by Crippen LogP contribution is 2.39. The molecule has 2 nitrogen and oxygen atoms in total. The Bertz CT molecular complexity index is 675. The molecule has 0 saturated carbocycles. The summed E-state index contributed by atoms with van der Waals surface area (Å²) in [6.45, 7) is 3.66. The van der Waals surface area contributed by atoms with Crippen molar-refractivity contribution in [1.29, 1.82) is 0 Å². The molecule has 0 aliphatic heterocycles. The highest BCUT2D eigenvalue weighted by Gasteiger charge is 2.13. The van der Waals surface area contributed by atoms with Crippen LogP contribution in [0.25, 0.3) is 10.8 Å². The summed E-state index contributed by atoms with van der Waals surface area (Å²) >= 11 is 10.0. The van der Waals surface area contributed by atoms with Crippen molar-refractivity contribution in [2.45, 2.75) is 64.7 Å². The summed E-state index contributed by atoms with van der Waals surface area (Å²) in [6, 6.07) is 10.1. The van der Waals surface area contributed by atoms with Gasteiger partial charge in [0.25, 0.3) is 0 Å². The first-order valence-electron chi connectivity index (χ1n) is 10.3. The van der Waals surface area contributed by atoms with Crippen molar-refractivity contribution in [2.24, 2.45) is 0 Å². The number of hydrogen-bond acceptors (Lipinski definition) is 2. The fourth-order valence-electron chi connectivity index (χ4n) is 3.16. The van der Waals surface area contributed by atoms with Gasteiger partial charge in [-0.2, -0.15) is 0 Å². The smallest absolute Gasteiger partial charge is 0.145 e. The lowest BCUT2D eigenvalue weighted by molar-refractivity contribution is 0.302. The molecule has 150 valence electrons. The van der Waals surface area contributed by atoms with Crippen LogP contribution in [-0.4, -0.2) is 18.5 Å². The van der Waals surface area contributed by atoms with E-state index in [1.54, 1.807) is 0 Å². The molecule has 0 unspecified atom stereocenters. The van der Waals surface area contributed by atoms with Gasteiger partial charge >= 0.3 is 0 Å². The second-order valence-corrected chi connectivity index (χ2v) is 8.15. The average molecular weight is 456 g/mol. The molecule has 2 aromatic rings. The minimum atomic E-state index is 0.636. The van der Waals surface area contributed by atoms with Crippen molar-refractivity contribution in [3.8, 4) is 11.5 Å². The lowest BCUT2D eigenvalue weighted by Crippen LogP contribution is -2.01. The molecule has 2 aromatic carbocycles. The van der Waals surface area contributed by atoms with E-state index in [2.05, 4.69) is 35.0 Å². The molecule has 0 atom stereocenters. The predicted molar refractivity (Wildman–Crippen MR) is 121 cm³/mol. The Morgan fingerprint density at radius 3 is 2.15 bits per heavy atom. The van der Waals surface area contributed by atoms with Crippen molar-refractivity contribution in [2.75, 3.05) is 18.5 Å². The Labute approximate surface area is 177 Å². The largest absolute Gasteiger partial charge is 0.493 e. The van der Waals surface area contributed by atoms with Crippen molar-refractivity contribution < 1.29 is 9.47 Å². The van der Waals surface area contributed by atoms with Gasteiger partial charge in [0, 0.05) is 22.2 Å². The van der Waals surface area contributed by atoms with Crippen LogP contribution in [0.2, 0.25) is 5.02 Å². The number of alkyl halides is 1. The Morgan fingerprint density at radius 2 is 1.44 bits per heavy atom. The maximum absolute atomic E-state index is 6.54. The molecule has 0 amide bonds. The molecule has 0 aromatic heterocycles. The fraction of sp³-hybridized carbons (Fsp3) is 0.565. The number of unbranched alkanes of at least 4 members (excludes halogenated alkanes) is 7. The van der Waals surface area contributed by atoms with Crippen LogP contribution in [0.15, 0.2) is 30.3 Å². The average Bonchev–Trinajstić information content (AvgIpc) is 2.69. The summed E-state index contributed by atoms with van der Waals surface area (Å²) in [6.07, 6.45) is 10.8. The molecule has 0 heterocycles. The standard InChI is InChI=1S/C23H32BrClO2/c1-2-3-4-6-12-17-27-23-20-14-9-8-13-19(20)22(18-21(23)25)26-16-11-7-5-10-15-24/h8-9,13-14,18H,2-7,10-12,15-17H2,1H3. The minimum absolute atomic E-state index is 0.636. The van der Waals surface area contributed by atoms with E-state index >= 15 is 0 Å². The monoisotopic (exact) mass is 454 g/mol. The summed E-state index contributed by atoms with van der Waals surface area (Å²) in [5, 5.41) is 3.82. The van der Waals surface area contributed by atoms with E-state index in [-0.39, 0.29) is 0 Å². The molecule has 0 saturated heterocycles. The zero-order chi connectivity index (χ0) is 19.3. The SMILES string of the molecule is CCCCCCCOc1c(Cl)cc(OCCCCCCBr)c2ccccc12. The predicted octanol–water partition coefficient (Wildman–Crippen LogP) is 8.18. The third kappa shape index (κ3) is 7.54. The molecule has 0 N–H and O–H groups in total. The van der Waals surface area contributed by atoms with E-state index < -0.39 is 0 Å². The van der Waals surface area contributed by atoms with Crippen LogP contribution in [0.3, 0.4) is 0 Å². The van der Waals surface area contributed by atoms with Gasteiger partial charge in [-0.3, -0.25) is 0 Å². The lowest BCUT2D eigenvalue weighted by Gasteiger charge is -2.15. The van der Waals surface area contributed by atoms with Gasteiger partial charge < -0.3 is 9.47 Å². The second kappa shape index (κ2) is 13.3. The van der Waals surface area contributed by atoms with Gasteiger partial charge in [-0.25, -0.2) is 0 Å². The Hall–Kier alpha value is -0.930. The van der Waals surface area contributed by atoms with Gasteiger partial charge in [-0.1, -0.05) is 97.2 Å². The molecule has 0 bridgehead atoms. The normalized spacial score (nSPS) is 11.1. The first-order valence-corrected chi connectivity index (χ1v) is 11.8. The van der Waals surface area contributed by atoms with Crippen molar-refractivity contribution in [1.82, 2.24) is 0 Å². The van der Waals surface area contributed by atoms with E-state index in [4.69, 9.17) is 21.1 Å². The van der Waals surface area contributed by atoms with Crippen LogP contribution in [0.5, 0.6) is 11.5 Å². The second-order valence-electron chi connectivity index (χ2n) is 6.95. The molecule has 0 aliphatic rings. The number of halogens is 2. The highest BCUT2D eigenvalue weighted by molar-refractivity contribution is 9.09. The van der Waals surface area contributed by atoms with Crippen molar-refractivity contribution in [3.05, 3.63) is 35.4 Å². The Kier molecular flexibility index (Phi) is 11.0. The summed E-state index contributed by atoms with van der Waals surface area (Å²) in [4.78, 5) is 0. The van der Waals surface area contributed by atoms with Gasteiger partial charge in [-0.15, -0.1) is 0 Å². The molecule has 2 rings (SSSR count). The maximum atomic E-state index is 6.54. The molecule has 4 heteroatoms. The zero-order valence-corrected chi connectivity index (χ0v) is 18.8. The third-order valence-electron chi connectivity index (χ3n) is 4.69. The lowest BCUT2D eigenvalue weighted by atomic mass is 10.1. The number of benzene rings is 2. The van der Waals surface area contributed by atoms with Gasteiger partial charge in [0.15, 0.2) is 0 Å². The quantitative estimate of drug-likeness (QED) is 0.211. The summed E-state index contributed by atoms with van der Waals surface area (Å²) in [5.74, 6) is 1.64. The molecule has 0 radical (unpaired) electrons. The molecule has 0 fully saturated rings. The van der Waals surface area contributed by atoms with Crippen LogP contribution in [0, 0.1) is 0 Å². The number of hydrogen-bond donors (Lipinski definition) is 0. The van der Waals surface area contributed by atoms with Gasteiger partial charge in [0.05, 0.1) is 18.2 Å². The maximum Gasteiger partial charge on any atom is 0.145 e. The van der Waals surface area contributed by atoms with E-state index in [9.17, 15) is 0 Å². The molecular weight excluding hydrogens is 424 g/mol. The number of fused-ring (bicyclic) bond motifs is 1.